The first kappa shape index (κ1) is 19.0. The Morgan fingerprint density at radius 3 is 1.79 bits per heavy atom. The van der Waals surface area contributed by atoms with Crippen LogP contribution in [0.25, 0.3) is 0 Å². The van der Waals surface area contributed by atoms with Crippen molar-refractivity contribution in [3.63, 3.8) is 0 Å². The molecule has 0 amide bonds. The standard InChI is InChI=1S/C19H40/c1-5-8-10-11-13-16-19(14-7-3)17-18(4)15-12-9-6-2/h18-19H,5-17H2,1-4H3. The van der Waals surface area contributed by atoms with Gasteiger partial charge in [-0.1, -0.05) is 105 Å². The van der Waals surface area contributed by atoms with Gasteiger partial charge in [0.05, 0.1) is 0 Å². The lowest BCUT2D eigenvalue weighted by Gasteiger charge is -2.20. The molecule has 0 nitrogen and oxygen atoms in total. The smallest absolute Gasteiger partial charge is 0.0412 e. The fraction of sp³-hybridized carbons (Fsp3) is 1.00. The molecular weight excluding hydrogens is 228 g/mol. The average molecular weight is 269 g/mol. The molecule has 0 N–H and O–H groups in total. The topological polar surface area (TPSA) is 0 Å². The van der Waals surface area contributed by atoms with Crippen LogP contribution in [-0.4, -0.2) is 0 Å². The van der Waals surface area contributed by atoms with Gasteiger partial charge in [0.15, 0.2) is 0 Å². The molecule has 19 heavy (non-hydrogen) atoms. The van der Waals surface area contributed by atoms with Crippen molar-refractivity contribution in [2.75, 3.05) is 0 Å². The highest BCUT2D eigenvalue weighted by atomic mass is 14.2. The number of hydrogen-bond acceptors (Lipinski definition) is 0. The molecular formula is C19H40. The number of hydrogen-bond donors (Lipinski definition) is 0. The summed E-state index contributed by atoms with van der Waals surface area (Å²) < 4.78 is 0. The fourth-order valence-corrected chi connectivity index (χ4v) is 3.25. The largest absolute Gasteiger partial charge is 0.0654 e. The van der Waals surface area contributed by atoms with Crippen LogP contribution >= 0.6 is 0 Å². The summed E-state index contributed by atoms with van der Waals surface area (Å²) >= 11 is 0. The zero-order valence-electron chi connectivity index (χ0n) is 14.3. The molecule has 0 bridgehead atoms. The molecule has 2 atom stereocenters. The second kappa shape index (κ2) is 14.4. The van der Waals surface area contributed by atoms with E-state index in [1.165, 1.54) is 83.5 Å². The summed E-state index contributed by atoms with van der Waals surface area (Å²) in [5.74, 6) is 1.97. The molecule has 0 saturated heterocycles. The lowest BCUT2D eigenvalue weighted by Crippen LogP contribution is -2.07. The summed E-state index contributed by atoms with van der Waals surface area (Å²) in [7, 11) is 0. The predicted octanol–water partition coefficient (Wildman–Crippen LogP) is 7.37. The van der Waals surface area contributed by atoms with Crippen LogP contribution < -0.4 is 0 Å². The number of rotatable bonds is 14. The highest BCUT2D eigenvalue weighted by Crippen LogP contribution is 2.26. The molecule has 0 aromatic heterocycles. The van der Waals surface area contributed by atoms with Crippen molar-refractivity contribution < 1.29 is 0 Å². The van der Waals surface area contributed by atoms with E-state index in [9.17, 15) is 0 Å². The van der Waals surface area contributed by atoms with Gasteiger partial charge in [0.25, 0.3) is 0 Å². The minimum atomic E-state index is 0.957. The van der Waals surface area contributed by atoms with Crippen LogP contribution in [0.4, 0.5) is 0 Å². The summed E-state index contributed by atoms with van der Waals surface area (Å²) in [4.78, 5) is 0. The summed E-state index contributed by atoms with van der Waals surface area (Å²) in [5, 5.41) is 0. The summed E-state index contributed by atoms with van der Waals surface area (Å²) in [6.07, 6.45) is 18.7. The van der Waals surface area contributed by atoms with Crippen molar-refractivity contribution in [1.82, 2.24) is 0 Å². The Labute approximate surface area is 123 Å². The molecule has 0 spiro atoms. The third-order valence-corrected chi connectivity index (χ3v) is 4.45. The van der Waals surface area contributed by atoms with Gasteiger partial charge in [-0.05, 0) is 18.3 Å². The van der Waals surface area contributed by atoms with Gasteiger partial charge < -0.3 is 0 Å². The van der Waals surface area contributed by atoms with Crippen LogP contribution in [0.5, 0.6) is 0 Å². The van der Waals surface area contributed by atoms with Gasteiger partial charge in [-0.2, -0.15) is 0 Å². The summed E-state index contributed by atoms with van der Waals surface area (Å²) in [5.41, 5.74) is 0. The molecule has 0 radical (unpaired) electrons. The maximum atomic E-state index is 2.48. The highest BCUT2D eigenvalue weighted by Gasteiger charge is 2.12. The Morgan fingerprint density at radius 1 is 0.579 bits per heavy atom. The van der Waals surface area contributed by atoms with E-state index in [4.69, 9.17) is 0 Å². The molecule has 0 aliphatic carbocycles. The van der Waals surface area contributed by atoms with Crippen molar-refractivity contribution in [3.8, 4) is 0 Å². The third kappa shape index (κ3) is 12.8. The normalized spacial score (nSPS) is 14.5. The zero-order chi connectivity index (χ0) is 14.3. The van der Waals surface area contributed by atoms with Crippen molar-refractivity contribution in [2.45, 2.75) is 111 Å². The molecule has 0 heterocycles. The monoisotopic (exact) mass is 268 g/mol. The highest BCUT2D eigenvalue weighted by molar-refractivity contribution is 4.64. The average Bonchev–Trinajstić information content (AvgIpc) is 2.39. The van der Waals surface area contributed by atoms with Gasteiger partial charge in [0, 0.05) is 0 Å². The van der Waals surface area contributed by atoms with Crippen LogP contribution in [0, 0.1) is 11.8 Å². The Bertz CT molecular complexity index is 161. The molecule has 0 aromatic carbocycles. The van der Waals surface area contributed by atoms with Gasteiger partial charge in [-0.25, -0.2) is 0 Å². The molecule has 0 saturated carbocycles. The van der Waals surface area contributed by atoms with E-state index in [0.717, 1.165) is 11.8 Å². The molecule has 0 aromatic rings. The van der Waals surface area contributed by atoms with Gasteiger partial charge in [-0.15, -0.1) is 0 Å². The van der Waals surface area contributed by atoms with E-state index >= 15 is 0 Å². The Kier molecular flexibility index (Phi) is 14.4. The fourth-order valence-electron chi connectivity index (χ4n) is 3.25. The first-order valence-electron chi connectivity index (χ1n) is 9.24. The van der Waals surface area contributed by atoms with E-state index < -0.39 is 0 Å². The summed E-state index contributed by atoms with van der Waals surface area (Å²) in [6.45, 7) is 9.44. The van der Waals surface area contributed by atoms with Gasteiger partial charge in [0.2, 0.25) is 0 Å². The first-order valence-corrected chi connectivity index (χ1v) is 9.24. The molecule has 0 fully saturated rings. The van der Waals surface area contributed by atoms with Crippen LogP contribution in [0.3, 0.4) is 0 Å². The van der Waals surface area contributed by atoms with E-state index in [-0.39, 0.29) is 0 Å². The van der Waals surface area contributed by atoms with Crippen LogP contribution in [0.15, 0.2) is 0 Å². The van der Waals surface area contributed by atoms with E-state index in [1.807, 2.05) is 0 Å². The Hall–Kier alpha value is 0. The van der Waals surface area contributed by atoms with Crippen molar-refractivity contribution in [1.29, 1.82) is 0 Å². The predicted molar refractivity (Wildman–Crippen MR) is 89.7 cm³/mol. The Morgan fingerprint density at radius 2 is 1.16 bits per heavy atom. The SMILES string of the molecule is CCCCCCCC(CCC)CC(C)CCCCC. The molecule has 2 unspecified atom stereocenters. The lowest BCUT2D eigenvalue weighted by atomic mass is 9.86. The second-order valence-corrected chi connectivity index (χ2v) is 6.69. The van der Waals surface area contributed by atoms with Crippen LogP contribution in [0.1, 0.15) is 111 Å². The third-order valence-electron chi connectivity index (χ3n) is 4.45. The molecule has 0 heteroatoms. The van der Waals surface area contributed by atoms with Crippen LogP contribution in [-0.2, 0) is 0 Å². The maximum absolute atomic E-state index is 2.48. The summed E-state index contributed by atoms with van der Waals surface area (Å²) in [6, 6.07) is 0. The maximum Gasteiger partial charge on any atom is -0.0412 e. The minimum absolute atomic E-state index is 0.957. The van der Waals surface area contributed by atoms with Crippen molar-refractivity contribution in [2.24, 2.45) is 11.8 Å². The van der Waals surface area contributed by atoms with Crippen LogP contribution in [0.2, 0.25) is 0 Å². The second-order valence-electron chi connectivity index (χ2n) is 6.69. The van der Waals surface area contributed by atoms with Crippen molar-refractivity contribution in [3.05, 3.63) is 0 Å². The van der Waals surface area contributed by atoms with Crippen molar-refractivity contribution >= 4 is 0 Å². The molecule has 0 aliphatic rings. The van der Waals surface area contributed by atoms with E-state index in [0.29, 0.717) is 0 Å². The number of unbranched alkanes of at least 4 members (excludes halogenated alkanes) is 6. The van der Waals surface area contributed by atoms with Gasteiger partial charge in [0.1, 0.15) is 0 Å². The molecule has 116 valence electrons. The van der Waals surface area contributed by atoms with Gasteiger partial charge >= 0.3 is 0 Å². The molecule has 0 rings (SSSR count). The van der Waals surface area contributed by atoms with E-state index in [2.05, 4.69) is 27.7 Å². The van der Waals surface area contributed by atoms with Gasteiger partial charge in [-0.3, -0.25) is 0 Å². The minimum Gasteiger partial charge on any atom is -0.0654 e. The Balaban J connectivity index is 3.70. The lowest BCUT2D eigenvalue weighted by molar-refractivity contribution is 0.320. The zero-order valence-corrected chi connectivity index (χ0v) is 14.3. The van der Waals surface area contributed by atoms with E-state index in [1.54, 1.807) is 0 Å². The molecule has 0 aliphatic heterocycles. The quantitative estimate of drug-likeness (QED) is 0.288. The first-order chi connectivity index (χ1) is 9.24.